The van der Waals surface area contributed by atoms with E-state index in [4.69, 9.17) is 9.72 Å². The molecule has 214 valence electrons. The number of hydrogen-bond donors (Lipinski definition) is 3. The Kier molecular flexibility index (Phi) is 7.29. The van der Waals surface area contributed by atoms with Crippen LogP contribution in [0.3, 0.4) is 0 Å². The van der Waals surface area contributed by atoms with Gasteiger partial charge in [0, 0.05) is 28.7 Å². The third-order valence-corrected chi connectivity index (χ3v) is 8.51. The van der Waals surface area contributed by atoms with E-state index in [0.717, 1.165) is 63.0 Å². The van der Waals surface area contributed by atoms with Crippen molar-refractivity contribution >= 4 is 27.5 Å². The van der Waals surface area contributed by atoms with Crippen molar-refractivity contribution in [3.8, 4) is 17.0 Å². The summed E-state index contributed by atoms with van der Waals surface area (Å²) in [6.45, 7) is 3.19. The van der Waals surface area contributed by atoms with Gasteiger partial charge in [-0.05, 0) is 110 Å². The van der Waals surface area contributed by atoms with Crippen molar-refractivity contribution in [2.75, 3.05) is 33.3 Å². The monoisotopic (exact) mass is 564 g/mol. The summed E-state index contributed by atoms with van der Waals surface area (Å²) < 4.78 is 48.7. The summed E-state index contributed by atoms with van der Waals surface area (Å²) in [6.07, 6.45) is 1.82. The second-order valence-corrected chi connectivity index (χ2v) is 10.8. The number of pyridine rings is 2. The minimum Gasteiger partial charge on any atom is -0.496 e. The predicted octanol–water partition coefficient (Wildman–Crippen LogP) is 6.11. The summed E-state index contributed by atoms with van der Waals surface area (Å²) >= 11 is 0. The minimum absolute atomic E-state index is 0.0457. The molecule has 0 amide bonds. The van der Waals surface area contributed by atoms with Crippen molar-refractivity contribution in [2.45, 2.75) is 43.7 Å². The maximum Gasteiger partial charge on any atom is 0.417 e. The summed E-state index contributed by atoms with van der Waals surface area (Å²) in [7, 11) is 1.51. The van der Waals surface area contributed by atoms with Crippen LogP contribution in [0.25, 0.3) is 32.8 Å². The van der Waals surface area contributed by atoms with Gasteiger partial charge in [-0.25, -0.2) is 9.78 Å². The van der Waals surface area contributed by atoms with Gasteiger partial charge in [0.1, 0.15) is 11.4 Å². The van der Waals surface area contributed by atoms with Crippen molar-refractivity contribution < 1.29 is 27.8 Å². The number of aromatic nitrogens is 2. The van der Waals surface area contributed by atoms with Crippen molar-refractivity contribution in [2.24, 2.45) is 0 Å². The fraction of sp³-hybridized carbons (Fsp3) is 0.387. The van der Waals surface area contributed by atoms with Crippen LogP contribution in [0, 0.1) is 0 Å². The highest BCUT2D eigenvalue weighted by atomic mass is 19.4. The van der Waals surface area contributed by atoms with Gasteiger partial charge in [-0.15, -0.1) is 0 Å². The molecule has 2 aromatic carbocycles. The van der Waals surface area contributed by atoms with Crippen LogP contribution >= 0.6 is 0 Å². The van der Waals surface area contributed by atoms with Crippen LogP contribution in [0.15, 0.2) is 42.7 Å². The molecule has 10 heteroatoms. The Bertz CT molecular complexity index is 1630. The summed E-state index contributed by atoms with van der Waals surface area (Å²) in [4.78, 5) is 20.7. The number of methoxy groups -OCH3 is 1. The second-order valence-electron chi connectivity index (χ2n) is 10.8. The Morgan fingerprint density at radius 2 is 1.54 bits per heavy atom. The standard InChI is InChI=1S/C31H31F3N4O3/c1-41-28-14-22(29(18-6-10-36-11-7-18)21-13-27(30(39)40)38-16-24(21)28)26-12-20-23(15-37-26)19(17-4-8-35-9-5-17)2-3-25(20)31(32,33)34/h2-3,12-18,35-36H,4-11H2,1H3,(H,39,40). The van der Waals surface area contributed by atoms with E-state index in [0.29, 0.717) is 33.2 Å². The fourth-order valence-electron chi connectivity index (χ4n) is 6.50. The number of piperidine rings is 2. The maximum atomic E-state index is 14.3. The molecule has 0 radical (unpaired) electrons. The SMILES string of the molecule is COc1cc(-c2cc3c(C(F)(F)F)ccc(C4CCNCC4)c3cn2)c(C2CCNCC2)c2cc(C(=O)O)ncc12. The van der Waals surface area contributed by atoms with Crippen LogP contribution in [-0.2, 0) is 6.18 Å². The third-order valence-electron chi connectivity index (χ3n) is 8.51. The Labute approximate surface area is 235 Å². The number of carboxylic acids is 1. The van der Waals surface area contributed by atoms with E-state index in [2.05, 4.69) is 15.6 Å². The van der Waals surface area contributed by atoms with E-state index in [1.807, 2.05) is 0 Å². The number of aromatic carboxylic acids is 1. The van der Waals surface area contributed by atoms with Crippen LogP contribution in [0.4, 0.5) is 13.2 Å². The molecule has 0 atom stereocenters. The number of nitrogens with zero attached hydrogens (tertiary/aromatic N) is 2. The molecular weight excluding hydrogens is 533 g/mol. The van der Waals surface area contributed by atoms with Gasteiger partial charge in [-0.1, -0.05) is 6.07 Å². The molecule has 0 bridgehead atoms. The number of ether oxygens (including phenoxy) is 1. The summed E-state index contributed by atoms with van der Waals surface area (Å²) in [5.74, 6) is -0.499. The smallest absolute Gasteiger partial charge is 0.417 e. The van der Waals surface area contributed by atoms with Gasteiger partial charge in [0.15, 0.2) is 0 Å². The van der Waals surface area contributed by atoms with Gasteiger partial charge in [0.05, 0.1) is 18.4 Å². The largest absolute Gasteiger partial charge is 0.496 e. The molecule has 4 heterocycles. The number of fused-ring (bicyclic) bond motifs is 2. The Balaban J connectivity index is 1.63. The lowest BCUT2D eigenvalue weighted by Gasteiger charge is -2.28. The highest BCUT2D eigenvalue weighted by Gasteiger charge is 2.34. The first-order valence-electron chi connectivity index (χ1n) is 13.9. The number of benzene rings is 2. The summed E-state index contributed by atoms with van der Waals surface area (Å²) in [5.41, 5.74) is 1.99. The molecule has 7 nitrogen and oxygen atoms in total. The molecule has 2 saturated heterocycles. The van der Waals surface area contributed by atoms with E-state index in [9.17, 15) is 23.1 Å². The number of nitrogens with one attached hydrogen (secondary N) is 2. The van der Waals surface area contributed by atoms with Crippen LogP contribution in [0.5, 0.6) is 5.75 Å². The Morgan fingerprint density at radius 3 is 2.17 bits per heavy atom. The first-order chi connectivity index (χ1) is 19.8. The van der Waals surface area contributed by atoms with Gasteiger partial charge in [0.25, 0.3) is 0 Å². The quantitative estimate of drug-likeness (QED) is 0.269. The first-order valence-corrected chi connectivity index (χ1v) is 13.9. The molecule has 2 fully saturated rings. The number of carboxylic acid groups (broad SMARTS) is 1. The molecule has 2 aliphatic rings. The lowest BCUT2D eigenvalue weighted by molar-refractivity contribution is -0.136. The second kappa shape index (κ2) is 10.9. The number of hydrogen-bond acceptors (Lipinski definition) is 6. The molecule has 3 N–H and O–H groups in total. The predicted molar refractivity (Wildman–Crippen MR) is 151 cm³/mol. The van der Waals surface area contributed by atoms with Crippen LogP contribution in [0.1, 0.15) is 64.7 Å². The van der Waals surface area contributed by atoms with Crippen molar-refractivity contribution in [3.05, 3.63) is 65.1 Å². The summed E-state index contributed by atoms with van der Waals surface area (Å²) in [5, 5.41) is 18.3. The average molecular weight is 565 g/mol. The molecule has 0 saturated carbocycles. The molecule has 4 aromatic rings. The van der Waals surface area contributed by atoms with E-state index >= 15 is 0 Å². The molecule has 6 rings (SSSR count). The first kappa shape index (κ1) is 27.4. The molecule has 0 spiro atoms. The normalized spacial score (nSPS) is 17.3. The van der Waals surface area contributed by atoms with Gasteiger partial charge in [0.2, 0.25) is 0 Å². The Morgan fingerprint density at radius 1 is 0.878 bits per heavy atom. The fourth-order valence-corrected chi connectivity index (χ4v) is 6.50. The number of halogens is 3. The van der Waals surface area contributed by atoms with Crippen LogP contribution in [0.2, 0.25) is 0 Å². The van der Waals surface area contributed by atoms with Gasteiger partial charge >= 0.3 is 12.1 Å². The number of carbonyl (C=O) groups is 1. The maximum absolute atomic E-state index is 14.3. The lowest BCUT2D eigenvalue weighted by Crippen LogP contribution is -2.27. The summed E-state index contributed by atoms with van der Waals surface area (Å²) in [6, 6.07) is 7.71. The van der Waals surface area contributed by atoms with E-state index < -0.39 is 17.7 Å². The highest BCUT2D eigenvalue weighted by molar-refractivity contribution is 6.01. The topological polar surface area (TPSA) is 96.4 Å². The molecular formula is C31H31F3N4O3. The molecule has 41 heavy (non-hydrogen) atoms. The van der Waals surface area contributed by atoms with Gasteiger partial charge in [-0.2, -0.15) is 13.2 Å². The van der Waals surface area contributed by atoms with Crippen molar-refractivity contribution in [1.82, 2.24) is 20.6 Å². The van der Waals surface area contributed by atoms with E-state index in [1.165, 1.54) is 19.4 Å². The zero-order valence-corrected chi connectivity index (χ0v) is 22.6. The van der Waals surface area contributed by atoms with Crippen molar-refractivity contribution in [3.63, 3.8) is 0 Å². The molecule has 0 unspecified atom stereocenters. The minimum atomic E-state index is -4.54. The zero-order valence-electron chi connectivity index (χ0n) is 22.6. The third kappa shape index (κ3) is 5.10. The number of alkyl halides is 3. The van der Waals surface area contributed by atoms with Gasteiger partial charge < -0.3 is 20.5 Å². The zero-order chi connectivity index (χ0) is 28.7. The lowest BCUT2D eigenvalue weighted by atomic mass is 9.82. The molecule has 2 aliphatic heterocycles. The molecule has 0 aliphatic carbocycles. The van der Waals surface area contributed by atoms with E-state index in [1.54, 1.807) is 30.5 Å². The van der Waals surface area contributed by atoms with Crippen LogP contribution in [-0.4, -0.2) is 54.3 Å². The molecule has 2 aromatic heterocycles. The van der Waals surface area contributed by atoms with Crippen LogP contribution < -0.4 is 15.4 Å². The van der Waals surface area contributed by atoms with E-state index in [-0.39, 0.29) is 22.9 Å². The average Bonchev–Trinajstić information content (AvgIpc) is 2.99. The van der Waals surface area contributed by atoms with Crippen molar-refractivity contribution in [1.29, 1.82) is 0 Å². The Hall–Kier alpha value is -3.76. The number of rotatable bonds is 5. The van der Waals surface area contributed by atoms with Gasteiger partial charge in [-0.3, -0.25) is 4.98 Å². The highest BCUT2D eigenvalue weighted by Crippen LogP contribution is 2.45.